The smallest absolute Gasteiger partial charge is 0.0628 e. The molecule has 0 aromatic heterocycles. The van der Waals surface area contributed by atoms with Crippen LogP contribution in [0.15, 0.2) is 0 Å². The largest absolute Gasteiger partial charge is 0.394 e. The van der Waals surface area contributed by atoms with E-state index in [4.69, 9.17) is 0 Å². The molecule has 0 heterocycles. The van der Waals surface area contributed by atoms with Gasteiger partial charge in [-0.1, -0.05) is 26.2 Å². The Hall–Kier alpha value is -0.120. The fraction of sp³-hybridized carbons (Fsp3) is 1.00. The van der Waals surface area contributed by atoms with Crippen molar-refractivity contribution in [2.24, 2.45) is 11.8 Å². The maximum absolute atomic E-state index is 9.88. The summed E-state index contributed by atoms with van der Waals surface area (Å²) in [6, 6.07) is 0. The van der Waals surface area contributed by atoms with Crippen molar-refractivity contribution in [2.75, 3.05) is 33.3 Å². The van der Waals surface area contributed by atoms with E-state index in [0.29, 0.717) is 5.92 Å². The van der Waals surface area contributed by atoms with Crippen LogP contribution in [0, 0.1) is 11.8 Å². The Morgan fingerprint density at radius 2 is 1.84 bits per heavy atom. The SMILES string of the molecule is CCNC(CO)(CN(C)CC1CCCCC1)C1CC1. The average Bonchev–Trinajstić information content (AvgIpc) is 3.24. The molecular weight excluding hydrogens is 236 g/mol. The molecule has 0 radical (unpaired) electrons. The molecule has 1 atom stereocenters. The van der Waals surface area contributed by atoms with Gasteiger partial charge < -0.3 is 15.3 Å². The molecule has 0 aromatic carbocycles. The average molecular weight is 268 g/mol. The van der Waals surface area contributed by atoms with Crippen LogP contribution in [0.3, 0.4) is 0 Å². The van der Waals surface area contributed by atoms with Gasteiger partial charge in [-0.15, -0.1) is 0 Å². The molecule has 19 heavy (non-hydrogen) atoms. The van der Waals surface area contributed by atoms with E-state index in [9.17, 15) is 5.11 Å². The summed E-state index contributed by atoms with van der Waals surface area (Å²) >= 11 is 0. The zero-order chi connectivity index (χ0) is 13.7. The van der Waals surface area contributed by atoms with Crippen molar-refractivity contribution in [1.29, 1.82) is 0 Å². The summed E-state index contributed by atoms with van der Waals surface area (Å²) in [5.74, 6) is 1.57. The molecule has 2 fully saturated rings. The van der Waals surface area contributed by atoms with Gasteiger partial charge in [0.2, 0.25) is 0 Å². The summed E-state index contributed by atoms with van der Waals surface area (Å²) in [6.07, 6.45) is 9.64. The third-order valence-electron chi connectivity index (χ3n) is 5.02. The highest BCUT2D eigenvalue weighted by Gasteiger charge is 2.44. The van der Waals surface area contributed by atoms with Crippen LogP contribution in [0.2, 0.25) is 0 Å². The van der Waals surface area contributed by atoms with Gasteiger partial charge in [-0.3, -0.25) is 0 Å². The van der Waals surface area contributed by atoms with Crippen LogP contribution in [0.1, 0.15) is 51.9 Å². The molecule has 3 nitrogen and oxygen atoms in total. The normalized spacial score (nSPS) is 24.6. The molecule has 2 saturated carbocycles. The topological polar surface area (TPSA) is 35.5 Å². The third kappa shape index (κ3) is 4.17. The van der Waals surface area contributed by atoms with E-state index < -0.39 is 0 Å². The summed E-state index contributed by atoms with van der Waals surface area (Å²) in [5, 5.41) is 13.5. The summed E-state index contributed by atoms with van der Waals surface area (Å²) in [7, 11) is 2.23. The standard InChI is InChI=1S/C16H32N2O/c1-3-17-16(13-19,15-9-10-15)12-18(2)11-14-7-5-4-6-8-14/h14-15,17,19H,3-13H2,1-2H3. The Labute approximate surface area is 118 Å². The Bertz CT molecular complexity index is 261. The molecule has 2 rings (SSSR count). The first-order valence-electron chi connectivity index (χ1n) is 8.24. The molecule has 2 aliphatic carbocycles. The van der Waals surface area contributed by atoms with E-state index >= 15 is 0 Å². The summed E-state index contributed by atoms with van der Waals surface area (Å²) < 4.78 is 0. The van der Waals surface area contributed by atoms with Crippen LogP contribution in [-0.2, 0) is 0 Å². The Morgan fingerprint density at radius 1 is 1.16 bits per heavy atom. The fourth-order valence-corrected chi connectivity index (χ4v) is 3.91. The quantitative estimate of drug-likeness (QED) is 0.709. The highest BCUT2D eigenvalue weighted by atomic mass is 16.3. The van der Waals surface area contributed by atoms with Gasteiger partial charge in [0.1, 0.15) is 0 Å². The van der Waals surface area contributed by atoms with Gasteiger partial charge in [0.05, 0.1) is 12.1 Å². The van der Waals surface area contributed by atoms with Crippen LogP contribution in [0.4, 0.5) is 0 Å². The first kappa shape index (κ1) is 15.3. The Morgan fingerprint density at radius 3 is 2.37 bits per heavy atom. The van der Waals surface area contributed by atoms with E-state index in [-0.39, 0.29) is 12.1 Å². The molecule has 0 amide bonds. The lowest BCUT2D eigenvalue weighted by molar-refractivity contribution is 0.0924. The molecule has 3 heteroatoms. The predicted molar refractivity (Wildman–Crippen MR) is 80.3 cm³/mol. The number of nitrogens with one attached hydrogen (secondary N) is 1. The van der Waals surface area contributed by atoms with Crippen LogP contribution in [0.25, 0.3) is 0 Å². The zero-order valence-electron chi connectivity index (χ0n) is 12.8. The second kappa shape index (κ2) is 7.05. The maximum Gasteiger partial charge on any atom is 0.0628 e. The maximum atomic E-state index is 9.88. The molecule has 0 bridgehead atoms. The Kier molecular flexibility index (Phi) is 5.67. The van der Waals surface area contributed by atoms with E-state index in [1.54, 1.807) is 0 Å². The molecule has 0 aromatic rings. The van der Waals surface area contributed by atoms with Crippen LogP contribution >= 0.6 is 0 Å². The van der Waals surface area contributed by atoms with Crippen molar-refractivity contribution in [2.45, 2.75) is 57.4 Å². The minimum absolute atomic E-state index is 0.0435. The number of aliphatic hydroxyl groups excluding tert-OH is 1. The van der Waals surface area contributed by atoms with E-state index in [1.807, 2.05) is 0 Å². The van der Waals surface area contributed by atoms with Gasteiger partial charge in [0, 0.05) is 13.1 Å². The fourth-order valence-electron chi connectivity index (χ4n) is 3.91. The van der Waals surface area contributed by atoms with Gasteiger partial charge >= 0.3 is 0 Å². The molecule has 1 unspecified atom stereocenters. The molecule has 0 aliphatic heterocycles. The lowest BCUT2D eigenvalue weighted by atomic mass is 9.88. The number of nitrogens with zero attached hydrogens (tertiary/aromatic N) is 1. The lowest BCUT2D eigenvalue weighted by Gasteiger charge is -2.38. The molecule has 0 saturated heterocycles. The van der Waals surface area contributed by atoms with Crippen molar-refractivity contribution in [3.8, 4) is 0 Å². The van der Waals surface area contributed by atoms with Crippen LogP contribution < -0.4 is 5.32 Å². The number of likely N-dealkylation sites (N-methyl/N-ethyl adjacent to an activating group) is 2. The number of rotatable bonds is 8. The number of hydrogen-bond acceptors (Lipinski definition) is 3. The summed E-state index contributed by atoms with van der Waals surface area (Å²) in [6.45, 7) is 5.58. The highest BCUT2D eigenvalue weighted by Crippen LogP contribution is 2.40. The van der Waals surface area contributed by atoms with Gasteiger partial charge in [-0.25, -0.2) is 0 Å². The van der Waals surface area contributed by atoms with Crippen molar-refractivity contribution in [3.05, 3.63) is 0 Å². The zero-order valence-corrected chi connectivity index (χ0v) is 12.8. The highest BCUT2D eigenvalue weighted by molar-refractivity contribution is 5.02. The van der Waals surface area contributed by atoms with Crippen molar-refractivity contribution < 1.29 is 5.11 Å². The minimum atomic E-state index is -0.0435. The van der Waals surface area contributed by atoms with Crippen molar-refractivity contribution in [1.82, 2.24) is 10.2 Å². The van der Waals surface area contributed by atoms with Gasteiger partial charge in [-0.05, 0) is 51.1 Å². The van der Waals surface area contributed by atoms with Crippen molar-refractivity contribution >= 4 is 0 Å². The molecule has 2 aliphatic rings. The van der Waals surface area contributed by atoms with Gasteiger partial charge in [-0.2, -0.15) is 0 Å². The van der Waals surface area contributed by atoms with E-state index in [1.165, 1.54) is 51.5 Å². The van der Waals surface area contributed by atoms with E-state index in [2.05, 4.69) is 24.2 Å². The lowest BCUT2D eigenvalue weighted by Crippen LogP contribution is -2.57. The summed E-state index contributed by atoms with van der Waals surface area (Å²) in [5.41, 5.74) is -0.0435. The first-order chi connectivity index (χ1) is 9.20. The second-order valence-corrected chi connectivity index (χ2v) is 6.82. The van der Waals surface area contributed by atoms with Crippen LogP contribution in [0.5, 0.6) is 0 Å². The van der Waals surface area contributed by atoms with Gasteiger partial charge in [0.25, 0.3) is 0 Å². The molecule has 2 N–H and O–H groups in total. The van der Waals surface area contributed by atoms with Crippen molar-refractivity contribution in [3.63, 3.8) is 0 Å². The second-order valence-electron chi connectivity index (χ2n) is 6.82. The Balaban J connectivity index is 1.84. The number of aliphatic hydroxyl groups is 1. The van der Waals surface area contributed by atoms with Gasteiger partial charge in [0.15, 0.2) is 0 Å². The number of hydrogen-bond donors (Lipinski definition) is 2. The minimum Gasteiger partial charge on any atom is -0.394 e. The summed E-state index contributed by atoms with van der Waals surface area (Å²) in [4.78, 5) is 2.47. The van der Waals surface area contributed by atoms with E-state index in [0.717, 1.165) is 19.0 Å². The predicted octanol–water partition coefficient (Wildman–Crippen LogP) is 2.25. The third-order valence-corrected chi connectivity index (χ3v) is 5.02. The molecule has 112 valence electrons. The molecule has 0 spiro atoms. The first-order valence-corrected chi connectivity index (χ1v) is 8.24. The van der Waals surface area contributed by atoms with Crippen LogP contribution in [-0.4, -0.2) is 48.8 Å². The monoisotopic (exact) mass is 268 g/mol. The molecular formula is C16H32N2O.